The summed E-state index contributed by atoms with van der Waals surface area (Å²) >= 11 is 0. The molecule has 106 valence electrons. The quantitative estimate of drug-likeness (QED) is 0.774. The lowest BCUT2D eigenvalue weighted by Crippen LogP contribution is -1.95. The zero-order valence-electron chi connectivity index (χ0n) is 12.0. The van der Waals surface area contributed by atoms with Gasteiger partial charge in [-0.25, -0.2) is 9.07 Å². The first-order chi connectivity index (χ1) is 10.0. The third kappa shape index (κ3) is 2.52. The smallest absolute Gasteiger partial charge is 0.123 e. The monoisotopic (exact) mass is 281 g/mol. The molecule has 4 heteroatoms. The zero-order valence-corrected chi connectivity index (χ0v) is 12.0. The van der Waals surface area contributed by atoms with Gasteiger partial charge in [-0.3, -0.25) is 0 Å². The van der Waals surface area contributed by atoms with Gasteiger partial charge in [-0.05, 0) is 43.7 Å². The first kappa shape index (κ1) is 13.4. The van der Waals surface area contributed by atoms with Crippen LogP contribution in [0.15, 0.2) is 48.7 Å². The predicted molar refractivity (Wildman–Crippen MR) is 82.8 cm³/mol. The number of nitrogen functional groups attached to an aromatic ring is 1. The number of aryl methyl sites for hydroxylation is 2. The molecular formula is C17H16FN3. The van der Waals surface area contributed by atoms with Gasteiger partial charge in [0.2, 0.25) is 0 Å². The highest BCUT2D eigenvalue weighted by Crippen LogP contribution is 2.28. The minimum absolute atomic E-state index is 0.270. The summed E-state index contributed by atoms with van der Waals surface area (Å²) in [6.45, 7) is 4.09. The third-order valence-electron chi connectivity index (χ3n) is 3.47. The number of benzene rings is 2. The van der Waals surface area contributed by atoms with Crippen molar-refractivity contribution in [2.24, 2.45) is 0 Å². The molecule has 0 saturated heterocycles. The van der Waals surface area contributed by atoms with E-state index in [0.29, 0.717) is 5.69 Å². The molecule has 3 rings (SSSR count). The van der Waals surface area contributed by atoms with Crippen molar-refractivity contribution < 1.29 is 4.39 Å². The summed E-state index contributed by atoms with van der Waals surface area (Å²) in [7, 11) is 0. The van der Waals surface area contributed by atoms with Crippen LogP contribution < -0.4 is 5.73 Å². The van der Waals surface area contributed by atoms with Crippen molar-refractivity contribution >= 4 is 5.69 Å². The van der Waals surface area contributed by atoms with E-state index in [2.05, 4.69) is 18.1 Å². The van der Waals surface area contributed by atoms with Crippen LogP contribution in [0.25, 0.3) is 16.9 Å². The van der Waals surface area contributed by atoms with E-state index in [-0.39, 0.29) is 5.82 Å². The van der Waals surface area contributed by atoms with Crippen LogP contribution in [-0.4, -0.2) is 9.78 Å². The summed E-state index contributed by atoms with van der Waals surface area (Å²) in [6.07, 6.45) is 1.75. The van der Waals surface area contributed by atoms with Gasteiger partial charge in [-0.2, -0.15) is 5.10 Å². The standard InChI is InChI=1S/C17H16FN3/c1-11-3-8-15(12(2)9-11)17-16(19)10-21(20-17)14-6-4-13(18)5-7-14/h3-10H,19H2,1-2H3. The van der Waals surface area contributed by atoms with Gasteiger partial charge in [0, 0.05) is 5.56 Å². The topological polar surface area (TPSA) is 43.8 Å². The van der Waals surface area contributed by atoms with Crippen LogP contribution in [-0.2, 0) is 0 Å². The molecule has 2 N–H and O–H groups in total. The maximum atomic E-state index is 13.0. The number of nitrogens with two attached hydrogens (primary N) is 1. The number of halogens is 1. The second-order valence-electron chi connectivity index (χ2n) is 5.17. The Morgan fingerprint density at radius 1 is 1.05 bits per heavy atom. The number of hydrogen-bond acceptors (Lipinski definition) is 2. The molecule has 0 atom stereocenters. The van der Waals surface area contributed by atoms with Gasteiger partial charge in [0.15, 0.2) is 0 Å². The summed E-state index contributed by atoms with van der Waals surface area (Å²) in [5, 5.41) is 4.54. The van der Waals surface area contributed by atoms with E-state index in [4.69, 9.17) is 5.73 Å². The Bertz CT molecular complexity index is 788. The molecule has 0 aliphatic carbocycles. The fraction of sp³-hybridized carbons (Fsp3) is 0.118. The highest BCUT2D eigenvalue weighted by atomic mass is 19.1. The molecule has 1 aromatic heterocycles. The fourth-order valence-electron chi connectivity index (χ4n) is 2.40. The average Bonchev–Trinajstić information content (AvgIpc) is 2.81. The van der Waals surface area contributed by atoms with Crippen molar-refractivity contribution in [2.45, 2.75) is 13.8 Å². The Morgan fingerprint density at radius 2 is 1.76 bits per heavy atom. The molecule has 0 amide bonds. The molecule has 0 fully saturated rings. The predicted octanol–water partition coefficient (Wildman–Crippen LogP) is 3.88. The lowest BCUT2D eigenvalue weighted by molar-refractivity contribution is 0.627. The summed E-state index contributed by atoms with van der Waals surface area (Å²) in [5.74, 6) is -0.270. The number of hydrogen-bond donors (Lipinski definition) is 1. The van der Waals surface area contributed by atoms with Gasteiger partial charge < -0.3 is 5.73 Å². The SMILES string of the molecule is Cc1ccc(-c2nn(-c3ccc(F)cc3)cc2N)c(C)c1. The molecule has 3 aromatic rings. The van der Waals surface area contributed by atoms with Crippen LogP contribution in [0, 0.1) is 19.7 Å². The molecular weight excluding hydrogens is 265 g/mol. The van der Waals surface area contributed by atoms with Crippen molar-refractivity contribution in [1.82, 2.24) is 9.78 Å². The lowest BCUT2D eigenvalue weighted by Gasteiger charge is -2.05. The second-order valence-corrected chi connectivity index (χ2v) is 5.17. The van der Waals surface area contributed by atoms with Gasteiger partial charge in [-0.15, -0.1) is 0 Å². The molecule has 1 heterocycles. The summed E-state index contributed by atoms with van der Waals surface area (Å²) < 4.78 is 14.7. The van der Waals surface area contributed by atoms with Crippen LogP contribution in [0.1, 0.15) is 11.1 Å². The molecule has 0 unspecified atom stereocenters. The Labute approximate surface area is 122 Å². The Kier molecular flexibility index (Phi) is 3.22. The van der Waals surface area contributed by atoms with Gasteiger partial charge in [-0.1, -0.05) is 23.8 Å². The molecule has 2 aromatic carbocycles. The van der Waals surface area contributed by atoms with Gasteiger partial charge >= 0.3 is 0 Å². The van der Waals surface area contributed by atoms with E-state index in [1.807, 2.05) is 19.1 Å². The van der Waals surface area contributed by atoms with Gasteiger partial charge in [0.05, 0.1) is 17.6 Å². The largest absolute Gasteiger partial charge is 0.396 e. The van der Waals surface area contributed by atoms with E-state index in [1.54, 1.807) is 23.0 Å². The van der Waals surface area contributed by atoms with Crippen LogP contribution in [0.3, 0.4) is 0 Å². The average molecular weight is 281 g/mol. The Balaban J connectivity index is 2.07. The molecule has 0 radical (unpaired) electrons. The van der Waals surface area contributed by atoms with E-state index >= 15 is 0 Å². The minimum Gasteiger partial charge on any atom is -0.396 e. The van der Waals surface area contributed by atoms with Crippen LogP contribution >= 0.6 is 0 Å². The summed E-state index contributed by atoms with van der Waals surface area (Å²) in [4.78, 5) is 0. The fourth-order valence-corrected chi connectivity index (χ4v) is 2.40. The summed E-state index contributed by atoms with van der Waals surface area (Å²) in [5.41, 5.74) is 11.6. The number of nitrogens with zero attached hydrogens (tertiary/aromatic N) is 2. The molecule has 0 aliphatic heterocycles. The third-order valence-corrected chi connectivity index (χ3v) is 3.47. The Morgan fingerprint density at radius 3 is 2.43 bits per heavy atom. The minimum atomic E-state index is -0.270. The first-order valence-electron chi connectivity index (χ1n) is 6.73. The van der Waals surface area contributed by atoms with Crippen molar-refractivity contribution in [1.29, 1.82) is 0 Å². The molecule has 0 saturated carbocycles. The molecule has 0 bridgehead atoms. The van der Waals surface area contributed by atoms with E-state index in [9.17, 15) is 4.39 Å². The maximum absolute atomic E-state index is 13.0. The van der Waals surface area contributed by atoms with Crippen molar-refractivity contribution in [2.75, 3.05) is 5.73 Å². The van der Waals surface area contributed by atoms with E-state index < -0.39 is 0 Å². The van der Waals surface area contributed by atoms with Crippen molar-refractivity contribution in [3.05, 3.63) is 65.6 Å². The number of aromatic nitrogens is 2. The lowest BCUT2D eigenvalue weighted by atomic mass is 10.0. The summed E-state index contributed by atoms with van der Waals surface area (Å²) in [6, 6.07) is 12.3. The second kappa shape index (κ2) is 5.05. The highest BCUT2D eigenvalue weighted by molar-refractivity contribution is 5.75. The molecule has 21 heavy (non-hydrogen) atoms. The van der Waals surface area contributed by atoms with Crippen molar-refractivity contribution in [3.63, 3.8) is 0 Å². The number of anilines is 1. The normalized spacial score (nSPS) is 10.8. The first-order valence-corrected chi connectivity index (χ1v) is 6.73. The van der Waals surface area contributed by atoms with E-state index in [1.165, 1.54) is 17.7 Å². The maximum Gasteiger partial charge on any atom is 0.123 e. The van der Waals surface area contributed by atoms with Gasteiger partial charge in [0.1, 0.15) is 11.5 Å². The van der Waals surface area contributed by atoms with Crippen LogP contribution in [0.4, 0.5) is 10.1 Å². The van der Waals surface area contributed by atoms with Crippen LogP contribution in [0.2, 0.25) is 0 Å². The Hall–Kier alpha value is -2.62. The number of rotatable bonds is 2. The highest BCUT2D eigenvalue weighted by Gasteiger charge is 2.12. The van der Waals surface area contributed by atoms with Gasteiger partial charge in [0.25, 0.3) is 0 Å². The zero-order chi connectivity index (χ0) is 15.0. The molecule has 0 aliphatic rings. The van der Waals surface area contributed by atoms with Crippen molar-refractivity contribution in [3.8, 4) is 16.9 Å². The molecule has 0 spiro atoms. The van der Waals surface area contributed by atoms with Crippen LogP contribution in [0.5, 0.6) is 0 Å². The van der Waals surface area contributed by atoms with E-state index in [0.717, 1.165) is 22.5 Å². The molecule has 3 nitrogen and oxygen atoms in total.